The minimum atomic E-state index is -0.537. The molecule has 0 aliphatic heterocycles. The zero-order valence-electron chi connectivity index (χ0n) is 8.79. The topological polar surface area (TPSA) is 70.5 Å². The van der Waals surface area contributed by atoms with E-state index in [2.05, 4.69) is 0 Å². The zero-order chi connectivity index (χ0) is 11.4. The molecule has 0 saturated heterocycles. The molecule has 0 radical (unpaired) electrons. The van der Waals surface area contributed by atoms with Crippen molar-refractivity contribution >= 4 is 0 Å². The standard InChI is InChI=1S/C10H15FN2O2/c1-14-9-3-6(8(13)5-12)7(11)4-10(9)15-2/h3-4,8H,5,12-13H2,1-2H3/t8-/m1/s1. The van der Waals surface area contributed by atoms with E-state index < -0.39 is 11.9 Å². The van der Waals surface area contributed by atoms with Crippen LogP contribution < -0.4 is 20.9 Å². The van der Waals surface area contributed by atoms with E-state index in [0.29, 0.717) is 17.1 Å². The smallest absolute Gasteiger partial charge is 0.163 e. The van der Waals surface area contributed by atoms with Crippen LogP contribution in [0.5, 0.6) is 11.5 Å². The summed E-state index contributed by atoms with van der Waals surface area (Å²) in [5, 5.41) is 0. The summed E-state index contributed by atoms with van der Waals surface area (Å²) in [5.41, 5.74) is 11.3. The highest BCUT2D eigenvalue weighted by Crippen LogP contribution is 2.31. The quantitative estimate of drug-likeness (QED) is 0.777. The van der Waals surface area contributed by atoms with Gasteiger partial charge in [0.2, 0.25) is 0 Å². The van der Waals surface area contributed by atoms with Crippen molar-refractivity contribution in [3.63, 3.8) is 0 Å². The van der Waals surface area contributed by atoms with Crippen molar-refractivity contribution in [1.29, 1.82) is 0 Å². The second-order valence-electron chi connectivity index (χ2n) is 3.07. The molecule has 0 aromatic heterocycles. The van der Waals surface area contributed by atoms with Gasteiger partial charge >= 0.3 is 0 Å². The van der Waals surface area contributed by atoms with Crippen molar-refractivity contribution in [2.75, 3.05) is 20.8 Å². The molecule has 0 aliphatic rings. The van der Waals surface area contributed by atoms with E-state index in [4.69, 9.17) is 20.9 Å². The molecule has 0 spiro atoms. The molecule has 0 saturated carbocycles. The third-order valence-corrected chi connectivity index (χ3v) is 2.16. The summed E-state index contributed by atoms with van der Waals surface area (Å²) in [6.45, 7) is 0.173. The minimum absolute atomic E-state index is 0.173. The summed E-state index contributed by atoms with van der Waals surface area (Å²) in [6.07, 6.45) is 0. The average Bonchev–Trinajstić information content (AvgIpc) is 2.27. The molecule has 5 heteroatoms. The van der Waals surface area contributed by atoms with E-state index in [1.165, 1.54) is 26.4 Å². The first-order chi connectivity index (χ1) is 7.13. The lowest BCUT2D eigenvalue weighted by atomic mass is 10.1. The molecule has 0 amide bonds. The fourth-order valence-electron chi connectivity index (χ4n) is 1.28. The molecule has 1 atom stereocenters. The molecule has 1 rings (SSSR count). The van der Waals surface area contributed by atoms with Crippen LogP contribution in [0.1, 0.15) is 11.6 Å². The van der Waals surface area contributed by atoms with Gasteiger partial charge in [-0.1, -0.05) is 0 Å². The Kier molecular flexibility index (Phi) is 3.88. The number of hydrogen-bond donors (Lipinski definition) is 2. The second kappa shape index (κ2) is 4.95. The summed E-state index contributed by atoms with van der Waals surface area (Å²) in [7, 11) is 2.92. The number of rotatable bonds is 4. The molecule has 0 unspecified atom stereocenters. The molecule has 15 heavy (non-hydrogen) atoms. The number of halogens is 1. The number of nitrogens with two attached hydrogens (primary N) is 2. The molecule has 1 aromatic carbocycles. The van der Waals surface area contributed by atoms with Crippen LogP contribution in [0.4, 0.5) is 4.39 Å². The molecule has 0 fully saturated rings. The normalized spacial score (nSPS) is 12.3. The average molecular weight is 214 g/mol. The summed E-state index contributed by atoms with van der Waals surface area (Å²) in [6, 6.07) is 2.21. The van der Waals surface area contributed by atoms with Gasteiger partial charge in [-0.05, 0) is 6.07 Å². The van der Waals surface area contributed by atoms with Gasteiger partial charge in [0.25, 0.3) is 0 Å². The van der Waals surface area contributed by atoms with Crippen molar-refractivity contribution < 1.29 is 13.9 Å². The van der Waals surface area contributed by atoms with Crippen LogP contribution in [-0.2, 0) is 0 Å². The predicted molar refractivity (Wildman–Crippen MR) is 55.5 cm³/mol. The largest absolute Gasteiger partial charge is 0.493 e. The Balaban J connectivity index is 3.19. The van der Waals surface area contributed by atoms with Crippen LogP contribution in [0.15, 0.2) is 12.1 Å². The first-order valence-electron chi connectivity index (χ1n) is 4.51. The van der Waals surface area contributed by atoms with Crippen LogP contribution in [0.3, 0.4) is 0 Å². The maximum absolute atomic E-state index is 13.5. The van der Waals surface area contributed by atoms with Gasteiger partial charge in [-0.3, -0.25) is 0 Å². The van der Waals surface area contributed by atoms with E-state index in [1.807, 2.05) is 0 Å². The van der Waals surface area contributed by atoms with Crippen LogP contribution in [0, 0.1) is 5.82 Å². The summed E-state index contributed by atoms with van der Waals surface area (Å²) in [5.74, 6) is 0.339. The van der Waals surface area contributed by atoms with Gasteiger partial charge in [-0.15, -0.1) is 0 Å². The highest BCUT2D eigenvalue weighted by molar-refractivity contribution is 5.44. The second-order valence-corrected chi connectivity index (χ2v) is 3.07. The Bertz CT molecular complexity index is 344. The fraction of sp³-hybridized carbons (Fsp3) is 0.400. The molecule has 0 aliphatic carbocycles. The number of benzene rings is 1. The van der Waals surface area contributed by atoms with E-state index in [1.54, 1.807) is 0 Å². The Morgan fingerprint density at radius 2 is 1.80 bits per heavy atom. The first-order valence-corrected chi connectivity index (χ1v) is 4.51. The lowest BCUT2D eigenvalue weighted by molar-refractivity contribution is 0.351. The summed E-state index contributed by atoms with van der Waals surface area (Å²) >= 11 is 0. The van der Waals surface area contributed by atoms with Crippen molar-refractivity contribution in [2.45, 2.75) is 6.04 Å². The van der Waals surface area contributed by atoms with E-state index in [-0.39, 0.29) is 6.54 Å². The molecule has 4 nitrogen and oxygen atoms in total. The van der Waals surface area contributed by atoms with Gasteiger partial charge in [-0.25, -0.2) is 4.39 Å². The highest BCUT2D eigenvalue weighted by atomic mass is 19.1. The maximum atomic E-state index is 13.5. The van der Waals surface area contributed by atoms with Crippen molar-refractivity contribution in [3.8, 4) is 11.5 Å². The van der Waals surface area contributed by atoms with Gasteiger partial charge in [-0.2, -0.15) is 0 Å². The molecule has 84 valence electrons. The van der Waals surface area contributed by atoms with Crippen LogP contribution in [-0.4, -0.2) is 20.8 Å². The number of hydrogen-bond acceptors (Lipinski definition) is 4. The van der Waals surface area contributed by atoms with E-state index in [9.17, 15) is 4.39 Å². The minimum Gasteiger partial charge on any atom is -0.493 e. The van der Waals surface area contributed by atoms with Crippen LogP contribution in [0.2, 0.25) is 0 Å². The third kappa shape index (κ3) is 2.37. The van der Waals surface area contributed by atoms with Gasteiger partial charge in [0.05, 0.1) is 14.2 Å². The van der Waals surface area contributed by atoms with E-state index in [0.717, 1.165) is 0 Å². The number of ether oxygens (including phenoxy) is 2. The SMILES string of the molecule is COc1cc(F)c([C@H](N)CN)cc1OC. The zero-order valence-corrected chi connectivity index (χ0v) is 8.79. The fourth-order valence-corrected chi connectivity index (χ4v) is 1.28. The molecular weight excluding hydrogens is 199 g/mol. The number of methoxy groups -OCH3 is 2. The molecule has 4 N–H and O–H groups in total. The van der Waals surface area contributed by atoms with Gasteiger partial charge < -0.3 is 20.9 Å². The molecule has 0 bridgehead atoms. The monoisotopic (exact) mass is 214 g/mol. The van der Waals surface area contributed by atoms with Crippen LogP contribution >= 0.6 is 0 Å². The Labute approximate surface area is 88.0 Å². The Morgan fingerprint density at radius 3 is 2.27 bits per heavy atom. The Hall–Kier alpha value is -1.33. The van der Waals surface area contributed by atoms with E-state index >= 15 is 0 Å². The van der Waals surface area contributed by atoms with Gasteiger partial charge in [0, 0.05) is 24.2 Å². The van der Waals surface area contributed by atoms with Gasteiger partial charge in [0.1, 0.15) is 5.82 Å². The Morgan fingerprint density at radius 1 is 1.27 bits per heavy atom. The molecule has 0 heterocycles. The van der Waals surface area contributed by atoms with Crippen LogP contribution in [0.25, 0.3) is 0 Å². The highest BCUT2D eigenvalue weighted by Gasteiger charge is 2.15. The maximum Gasteiger partial charge on any atom is 0.163 e. The first kappa shape index (κ1) is 11.7. The van der Waals surface area contributed by atoms with Crippen molar-refractivity contribution in [2.24, 2.45) is 11.5 Å². The third-order valence-electron chi connectivity index (χ3n) is 2.16. The lowest BCUT2D eigenvalue weighted by Crippen LogP contribution is -2.22. The summed E-state index contributed by atoms with van der Waals surface area (Å²) < 4.78 is 23.5. The summed E-state index contributed by atoms with van der Waals surface area (Å²) in [4.78, 5) is 0. The predicted octanol–water partition coefficient (Wildman–Crippen LogP) is 0.801. The van der Waals surface area contributed by atoms with Crippen molar-refractivity contribution in [3.05, 3.63) is 23.5 Å². The lowest BCUT2D eigenvalue weighted by Gasteiger charge is -2.14. The van der Waals surface area contributed by atoms with Gasteiger partial charge in [0.15, 0.2) is 11.5 Å². The van der Waals surface area contributed by atoms with Crippen molar-refractivity contribution in [1.82, 2.24) is 0 Å². The molecule has 1 aromatic rings. The molecular formula is C10H15FN2O2.